The zero-order chi connectivity index (χ0) is 12.4. The quantitative estimate of drug-likeness (QED) is 0.807. The topological polar surface area (TPSA) is 50.9 Å². The molecule has 2 rings (SSSR count). The summed E-state index contributed by atoms with van der Waals surface area (Å²) in [6, 6.07) is 8.38. The SMILES string of the molecule is Nc1ccc(Cl)nc1Nc1ccc(Cl)cc1Cl. The fourth-order valence-corrected chi connectivity index (χ4v) is 1.87. The smallest absolute Gasteiger partial charge is 0.155 e. The van der Waals surface area contributed by atoms with E-state index in [1.54, 1.807) is 30.3 Å². The van der Waals surface area contributed by atoms with Crippen LogP contribution in [0.4, 0.5) is 17.2 Å². The van der Waals surface area contributed by atoms with Gasteiger partial charge in [-0.3, -0.25) is 0 Å². The number of nitrogen functional groups attached to an aromatic ring is 1. The minimum absolute atomic E-state index is 0.354. The molecule has 0 aliphatic carbocycles. The molecule has 0 spiro atoms. The van der Waals surface area contributed by atoms with Gasteiger partial charge in [0.25, 0.3) is 0 Å². The molecule has 0 fully saturated rings. The van der Waals surface area contributed by atoms with Gasteiger partial charge in [-0.25, -0.2) is 4.98 Å². The second-order valence-electron chi connectivity index (χ2n) is 3.32. The number of nitrogens with zero attached hydrogens (tertiary/aromatic N) is 1. The van der Waals surface area contributed by atoms with E-state index in [0.717, 1.165) is 0 Å². The van der Waals surface area contributed by atoms with Crippen molar-refractivity contribution < 1.29 is 0 Å². The van der Waals surface area contributed by atoms with Crippen molar-refractivity contribution >= 4 is 52.0 Å². The first-order chi connectivity index (χ1) is 8.06. The molecular formula is C11H8Cl3N3. The molecule has 0 amide bonds. The van der Waals surface area contributed by atoms with Crippen LogP contribution in [0.3, 0.4) is 0 Å². The zero-order valence-corrected chi connectivity index (χ0v) is 10.8. The second-order valence-corrected chi connectivity index (χ2v) is 4.55. The maximum Gasteiger partial charge on any atom is 0.155 e. The standard InChI is InChI=1S/C11H8Cl3N3/c12-6-1-3-9(7(13)5-6)16-11-8(15)2-4-10(14)17-11/h1-5H,15H2,(H,16,17). The molecule has 88 valence electrons. The number of hydrogen-bond acceptors (Lipinski definition) is 3. The lowest BCUT2D eigenvalue weighted by Crippen LogP contribution is -1.99. The van der Waals surface area contributed by atoms with E-state index in [9.17, 15) is 0 Å². The van der Waals surface area contributed by atoms with E-state index < -0.39 is 0 Å². The molecule has 1 aromatic carbocycles. The van der Waals surface area contributed by atoms with Gasteiger partial charge in [-0.15, -0.1) is 0 Å². The molecule has 0 bridgehead atoms. The zero-order valence-electron chi connectivity index (χ0n) is 8.55. The summed E-state index contributed by atoms with van der Waals surface area (Å²) in [6.07, 6.45) is 0. The van der Waals surface area contributed by atoms with Gasteiger partial charge in [0.1, 0.15) is 5.15 Å². The van der Waals surface area contributed by atoms with Gasteiger partial charge in [-0.05, 0) is 30.3 Å². The van der Waals surface area contributed by atoms with Crippen molar-refractivity contribution in [3.63, 3.8) is 0 Å². The molecule has 2 aromatic rings. The van der Waals surface area contributed by atoms with Crippen LogP contribution in [0.1, 0.15) is 0 Å². The van der Waals surface area contributed by atoms with Crippen LogP contribution in [0.2, 0.25) is 15.2 Å². The summed E-state index contributed by atoms with van der Waals surface area (Å²) in [7, 11) is 0. The Balaban J connectivity index is 2.34. The number of nitrogens with one attached hydrogen (secondary N) is 1. The number of halogens is 3. The van der Waals surface area contributed by atoms with Crippen molar-refractivity contribution in [3.05, 3.63) is 45.5 Å². The Hall–Kier alpha value is -1.16. The third-order valence-corrected chi connectivity index (χ3v) is 2.83. The Labute approximate surface area is 114 Å². The van der Waals surface area contributed by atoms with Gasteiger partial charge in [0.2, 0.25) is 0 Å². The van der Waals surface area contributed by atoms with Crippen molar-refractivity contribution in [1.82, 2.24) is 4.98 Å². The van der Waals surface area contributed by atoms with Gasteiger partial charge in [0, 0.05) is 5.02 Å². The maximum atomic E-state index is 6.02. The first kappa shape index (κ1) is 12.3. The molecule has 0 saturated carbocycles. The molecule has 0 aliphatic heterocycles. The normalized spacial score (nSPS) is 10.3. The van der Waals surface area contributed by atoms with Crippen LogP contribution in [0.5, 0.6) is 0 Å². The third-order valence-electron chi connectivity index (χ3n) is 2.08. The predicted octanol–water partition coefficient (Wildman–Crippen LogP) is 4.37. The van der Waals surface area contributed by atoms with Gasteiger partial charge < -0.3 is 11.1 Å². The van der Waals surface area contributed by atoms with E-state index in [-0.39, 0.29) is 0 Å². The number of anilines is 3. The van der Waals surface area contributed by atoms with Gasteiger partial charge in [-0.2, -0.15) is 0 Å². The minimum atomic E-state index is 0.354. The third kappa shape index (κ3) is 2.94. The fourth-order valence-electron chi connectivity index (χ4n) is 1.26. The number of rotatable bonds is 2. The molecule has 1 aromatic heterocycles. The van der Waals surface area contributed by atoms with E-state index in [1.165, 1.54) is 0 Å². The molecule has 6 heteroatoms. The number of aromatic nitrogens is 1. The number of benzene rings is 1. The molecule has 3 N–H and O–H groups in total. The van der Waals surface area contributed by atoms with Gasteiger partial charge in [-0.1, -0.05) is 34.8 Å². The molecular weight excluding hydrogens is 281 g/mol. The highest BCUT2D eigenvalue weighted by molar-refractivity contribution is 6.36. The van der Waals surface area contributed by atoms with Crippen molar-refractivity contribution in [2.45, 2.75) is 0 Å². The molecule has 0 radical (unpaired) electrons. The number of hydrogen-bond donors (Lipinski definition) is 2. The van der Waals surface area contributed by atoms with Crippen LogP contribution in [0.15, 0.2) is 30.3 Å². The Morgan fingerprint density at radius 2 is 1.82 bits per heavy atom. The Morgan fingerprint density at radius 1 is 1.06 bits per heavy atom. The average Bonchev–Trinajstić information content (AvgIpc) is 2.27. The summed E-state index contributed by atoms with van der Waals surface area (Å²) in [5.74, 6) is 0.460. The monoisotopic (exact) mass is 287 g/mol. The molecule has 3 nitrogen and oxygen atoms in total. The number of pyridine rings is 1. The van der Waals surface area contributed by atoms with E-state index in [4.69, 9.17) is 40.5 Å². The Morgan fingerprint density at radius 3 is 2.53 bits per heavy atom. The van der Waals surface area contributed by atoms with Crippen LogP contribution < -0.4 is 11.1 Å². The first-order valence-electron chi connectivity index (χ1n) is 4.70. The number of nitrogens with two attached hydrogens (primary N) is 1. The molecule has 0 unspecified atom stereocenters. The molecule has 17 heavy (non-hydrogen) atoms. The van der Waals surface area contributed by atoms with Gasteiger partial charge in [0.05, 0.1) is 16.4 Å². The largest absolute Gasteiger partial charge is 0.396 e. The lowest BCUT2D eigenvalue weighted by Gasteiger charge is -2.10. The lowest BCUT2D eigenvalue weighted by molar-refractivity contribution is 1.31. The second kappa shape index (κ2) is 5.00. The highest BCUT2D eigenvalue weighted by Crippen LogP contribution is 2.30. The van der Waals surface area contributed by atoms with Crippen LogP contribution in [-0.2, 0) is 0 Å². The van der Waals surface area contributed by atoms with Crippen molar-refractivity contribution in [2.24, 2.45) is 0 Å². The van der Waals surface area contributed by atoms with E-state index in [2.05, 4.69) is 10.3 Å². The highest BCUT2D eigenvalue weighted by atomic mass is 35.5. The summed E-state index contributed by atoms with van der Waals surface area (Å²) < 4.78 is 0. The van der Waals surface area contributed by atoms with E-state index in [1.807, 2.05) is 0 Å². The van der Waals surface area contributed by atoms with Gasteiger partial charge >= 0.3 is 0 Å². The van der Waals surface area contributed by atoms with Crippen molar-refractivity contribution in [3.8, 4) is 0 Å². The molecule has 0 aliphatic rings. The van der Waals surface area contributed by atoms with Crippen molar-refractivity contribution in [1.29, 1.82) is 0 Å². The minimum Gasteiger partial charge on any atom is -0.396 e. The summed E-state index contributed by atoms with van der Waals surface area (Å²) in [5.41, 5.74) is 6.92. The Kier molecular flexibility index (Phi) is 3.62. The van der Waals surface area contributed by atoms with Crippen LogP contribution in [0, 0.1) is 0 Å². The summed E-state index contributed by atoms with van der Waals surface area (Å²) in [4.78, 5) is 4.07. The summed E-state index contributed by atoms with van der Waals surface area (Å²) in [5, 5.41) is 4.40. The van der Waals surface area contributed by atoms with Crippen LogP contribution in [-0.4, -0.2) is 4.98 Å². The molecule has 1 heterocycles. The van der Waals surface area contributed by atoms with Crippen molar-refractivity contribution in [2.75, 3.05) is 11.1 Å². The predicted molar refractivity (Wildman–Crippen MR) is 73.4 cm³/mol. The summed E-state index contributed by atoms with van der Waals surface area (Å²) in [6.45, 7) is 0. The molecule has 0 saturated heterocycles. The Bertz CT molecular complexity index is 558. The van der Waals surface area contributed by atoms with Crippen LogP contribution in [0.25, 0.3) is 0 Å². The van der Waals surface area contributed by atoms with Gasteiger partial charge in [0.15, 0.2) is 5.82 Å². The van der Waals surface area contributed by atoms with E-state index in [0.29, 0.717) is 32.4 Å². The lowest BCUT2D eigenvalue weighted by atomic mass is 10.3. The average molecular weight is 289 g/mol. The highest BCUT2D eigenvalue weighted by Gasteiger charge is 2.06. The van der Waals surface area contributed by atoms with E-state index >= 15 is 0 Å². The van der Waals surface area contributed by atoms with Crippen LogP contribution >= 0.6 is 34.8 Å². The molecule has 0 atom stereocenters. The maximum absolute atomic E-state index is 6.02. The fraction of sp³-hybridized carbons (Fsp3) is 0. The first-order valence-corrected chi connectivity index (χ1v) is 5.84. The summed E-state index contributed by atoms with van der Waals surface area (Å²) >= 11 is 17.6.